The highest BCUT2D eigenvalue weighted by Gasteiger charge is 2.30. The molecule has 5 nitrogen and oxygen atoms in total. The average molecular weight is 355 g/mol. The first kappa shape index (κ1) is 19.5. The van der Waals surface area contributed by atoms with Gasteiger partial charge in [0.1, 0.15) is 5.75 Å². The first-order valence-electron chi connectivity index (χ1n) is 8.72. The molecule has 0 aliphatic rings. The van der Waals surface area contributed by atoms with E-state index in [1.54, 1.807) is 31.2 Å². The fraction of sp³-hybridized carbons (Fsp3) is 0.333. The van der Waals surface area contributed by atoms with Gasteiger partial charge in [-0.05, 0) is 50.1 Å². The van der Waals surface area contributed by atoms with E-state index in [1.807, 2.05) is 38.1 Å². The van der Waals surface area contributed by atoms with Crippen LogP contribution in [0.15, 0.2) is 48.5 Å². The van der Waals surface area contributed by atoms with Crippen LogP contribution in [0.25, 0.3) is 0 Å². The molecule has 0 aliphatic heterocycles. The second-order valence-corrected chi connectivity index (χ2v) is 6.37. The molecule has 0 heterocycles. The van der Waals surface area contributed by atoms with E-state index in [9.17, 15) is 14.7 Å². The van der Waals surface area contributed by atoms with Crippen LogP contribution in [-0.2, 0) is 16.0 Å². The molecule has 2 rings (SSSR count). The van der Waals surface area contributed by atoms with E-state index in [4.69, 9.17) is 4.74 Å². The number of nitrogens with one attached hydrogen (secondary N) is 1. The van der Waals surface area contributed by atoms with Gasteiger partial charge in [0.2, 0.25) is 5.91 Å². The number of amides is 1. The van der Waals surface area contributed by atoms with Crippen LogP contribution in [0.3, 0.4) is 0 Å². The van der Waals surface area contributed by atoms with Crippen LogP contribution >= 0.6 is 0 Å². The zero-order chi connectivity index (χ0) is 19.1. The van der Waals surface area contributed by atoms with Crippen molar-refractivity contribution in [1.29, 1.82) is 0 Å². The van der Waals surface area contributed by atoms with Gasteiger partial charge in [0.15, 0.2) is 0 Å². The monoisotopic (exact) mass is 355 g/mol. The summed E-state index contributed by atoms with van der Waals surface area (Å²) < 4.78 is 5.37. The van der Waals surface area contributed by atoms with Crippen molar-refractivity contribution in [2.45, 2.75) is 27.2 Å². The van der Waals surface area contributed by atoms with Crippen LogP contribution in [0.5, 0.6) is 5.75 Å². The number of aliphatic carboxylic acids is 1. The van der Waals surface area contributed by atoms with Crippen LogP contribution in [0.2, 0.25) is 0 Å². The van der Waals surface area contributed by atoms with Gasteiger partial charge in [0.25, 0.3) is 0 Å². The molecule has 2 aromatic rings. The summed E-state index contributed by atoms with van der Waals surface area (Å²) in [6.07, 6.45) is 0.313. The summed E-state index contributed by atoms with van der Waals surface area (Å²) in [6.45, 7) is 6.10. The Hall–Kier alpha value is -2.82. The largest absolute Gasteiger partial charge is 0.494 e. The number of hydrogen-bond donors (Lipinski definition) is 2. The molecule has 138 valence electrons. The fourth-order valence-electron chi connectivity index (χ4n) is 2.70. The molecule has 0 aromatic heterocycles. The van der Waals surface area contributed by atoms with E-state index in [2.05, 4.69) is 5.32 Å². The maximum atomic E-state index is 12.5. The quantitative estimate of drug-likeness (QED) is 0.753. The van der Waals surface area contributed by atoms with E-state index < -0.39 is 17.8 Å². The van der Waals surface area contributed by atoms with Crippen molar-refractivity contribution in [2.75, 3.05) is 11.9 Å². The maximum absolute atomic E-state index is 12.5. The first-order valence-corrected chi connectivity index (χ1v) is 8.72. The van der Waals surface area contributed by atoms with Crippen molar-refractivity contribution in [2.24, 2.45) is 11.8 Å². The van der Waals surface area contributed by atoms with Gasteiger partial charge >= 0.3 is 5.97 Å². The third kappa shape index (κ3) is 5.34. The molecular weight excluding hydrogens is 330 g/mol. The second kappa shape index (κ2) is 9.04. The highest BCUT2D eigenvalue weighted by atomic mass is 16.5. The number of rotatable bonds is 8. The molecule has 2 atom stereocenters. The second-order valence-electron chi connectivity index (χ2n) is 6.37. The van der Waals surface area contributed by atoms with E-state index >= 15 is 0 Å². The van der Waals surface area contributed by atoms with Crippen molar-refractivity contribution in [3.8, 4) is 5.75 Å². The van der Waals surface area contributed by atoms with Crippen LogP contribution < -0.4 is 10.1 Å². The van der Waals surface area contributed by atoms with Crippen molar-refractivity contribution < 1.29 is 19.4 Å². The normalized spacial score (nSPS) is 12.9. The Labute approximate surface area is 154 Å². The van der Waals surface area contributed by atoms with Crippen molar-refractivity contribution in [3.63, 3.8) is 0 Å². The number of carbonyl (C=O) groups excluding carboxylic acids is 1. The zero-order valence-electron chi connectivity index (χ0n) is 15.4. The van der Waals surface area contributed by atoms with E-state index in [0.29, 0.717) is 18.7 Å². The lowest BCUT2D eigenvalue weighted by Gasteiger charge is -2.20. The molecule has 0 radical (unpaired) electrons. The van der Waals surface area contributed by atoms with E-state index in [-0.39, 0.29) is 5.91 Å². The molecule has 26 heavy (non-hydrogen) atoms. The molecule has 2 N–H and O–H groups in total. The number of aryl methyl sites for hydroxylation is 1. The highest BCUT2D eigenvalue weighted by Crippen LogP contribution is 2.22. The Balaban J connectivity index is 2.04. The number of benzene rings is 2. The average Bonchev–Trinajstić information content (AvgIpc) is 2.62. The molecule has 0 saturated carbocycles. The molecule has 5 heteroatoms. The molecule has 0 fully saturated rings. The Morgan fingerprint density at radius 1 is 1.08 bits per heavy atom. The fourth-order valence-corrected chi connectivity index (χ4v) is 2.70. The summed E-state index contributed by atoms with van der Waals surface area (Å²) in [5, 5.41) is 12.4. The standard InChI is InChI=1S/C21H25NO4/c1-4-26-18-11-9-17(10-12-18)22-20(23)15(3)19(21(24)25)13-16-7-5-14(2)6-8-16/h5-12,15,19H,4,13H2,1-3H3,(H,22,23)(H,24,25)/t15-,19+/m0/s1. The van der Waals surface area contributed by atoms with Crippen LogP contribution in [-0.4, -0.2) is 23.6 Å². The Morgan fingerprint density at radius 3 is 2.23 bits per heavy atom. The number of carboxylic acid groups (broad SMARTS) is 1. The molecular formula is C21H25NO4. The predicted molar refractivity (Wildman–Crippen MR) is 101 cm³/mol. The van der Waals surface area contributed by atoms with Crippen LogP contribution in [0.4, 0.5) is 5.69 Å². The summed E-state index contributed by atoms with van der Waals surface area (Å²) in [7, 11) is 0. The van der Waals surface area contributed by atoms with E-state index in [1.165, 1.54) is 0 Å². The minimum absolute atomic E-state index is 0.311. The topological polar surface area (TPSA) is 75.6 Å². The lowest BCUT2D eigenvalue weighted by Crippen LogP contribution is -2.33. The SMILES string of the molecule is CCOc1ccc(NC(=O)[C@@H](C)[C@@H](Cc2ccc(C)cc2)C(=O)O)cc1. The van der Waals surface area contributed by atoms with E-state index in [0.717, 1.165) is 16.9 Å². The van der Waals surface area contributed by atoms with Crippen molar-refractivity contribution >= 4 is 17.6 Å². The summed E-state index contributed by atoms with van der Waals surface area (Å²) in [6, 6.07) is 14.7. The number of hydrogen-bond acceptors (Lipinski definition) is 3. The minimum atomic E-state index is -0.972. The summed E-state index contributed by atoms with van der Waals surface area (Å²) in [4.78, 5) is 24.2. The molecule has 1 amide bonds. The van der Waals surface area contributed by atoms with Gasteiger partial charge in [0.05, 0.1) is 12.5 Å². The van der Waals surface area contributed by atoms with Gasteiger partial charge < -0.3 is 15.2 Å². The van der Waals surface area contributed by atoms with Crippen LogP contribution in [0, 0.1) is 18.8 Å². The maximum Gasteiger partial charge on any atom is 0.307 e. The molecule has 0 aliphatic carbocycles. The third-order valence-electron chi connectivity index (χ3n) is 4.34. The predicted octanol–water partition coefficient (Wildman–Crippen LogP) is 3.91. The molecule has 0 bridgehead atoms. The minimum Gasteiger partial charge on any atom is -0.494 e. The smallest absolute Gasteiger partial charge is 0.307 e. The van der Waals surface area contributed by atoms with Crippen molar-refractivity contribution in [3.05, 3.63) is 59.7 Å². The van der Waals surface area contributed by atoms with Gasteiger partial charge in [-0.25, -0.2) is 0 Å². The molecule has 2 aromatic carbocycles. The van der Waals surface area contributed by atoms with Gasteiger partial charge in [-0.3, -0.25) is 9.59 Å². The third-order valence-corrected chi connectivity index (χ3v) is 4.34. The summed E-state index contributed by atoms with van der Waals surface area (Å²) in [5.41, 5.74) is 2.63. The first-order chi connectivity index (χ1) is 12.4. The van der Waals surface area contributed by atoms with Gasteiger partial charge in [-0.15, -0.1) is 0 Å². The molecule has 0 saturated heterocycles. The summed E-state index contributed by atoms with van der Waals surface area (Å²) in [5.74, 6) is -2.02. The lowest BCUT2D eigenvalue weighted by molar-refractivity contribution is -0.145. The lowest BCUT2D eigenvalue weighted by atomic mass is 9.87. The number of carbonyl (C=O) groups is 2. The van der Waals surface area contributed by atoms with Gasteiger partial charge in [-0.2, -0.15) is 0 Å². The Kier molecular flexibility index (Phi) is 6.78. The molecule has 0 unspecified atom stereocenters. The Morgan fingerprint density at radius 2 is 1.69 bits per heavy atom. The number of anilines is 1. The summed E-state index contributed by atoms with van der Waals surface area (Å²) >= 11 is 0. The van der Waals surface area contributed by atoms with Crippen LogP contribution in [0.1, 0.15) is 25.0 Å². The van der Waals surface area contributed by atoms with Gasteiger partial charge in [-0.1, -0.05) is 36.8 Å². The molecule has 0 spiro atoms. The van der Waals surface area contributed by atoms with Crippen molar-refractivity contribution in [1.82, 2.24) is 0 Å². The highest BCUT2D eigenvalue weighted by molar-refractivity contribution is 5.94. The van der Waals surface area contributed by atoms with Gasteiger partial charge in [0, 0.05) is 11.6 Å². The number of ether oxygens (including phenoxy) is 1. The zero-order valence-corrected chi connectivity index (χ0v) is 15.4. The Bertz CT molecular complexity index is 738. The number of carboxylic acids is 1.